The second-order valence-corrected chi connectivity index (χ2v) is 4.66. The number of hydrogen-bond donors (Lipinski definition) is 1. The lowest BCUT2D eigenvalue weighted by Gasteiger charge is -2.35. The molecule has 2 N–H and O–H groups in total. The zero-order chi connectivity index (χ0) is 11.4. The zero-order valence-electron chi connectivity index (χ0n) is 10.1. The molecule has 3 nitrogen and oxygen atoms in total. The molecule has 0 radical (unpaired) electrons. The number of hydrogen-bond acceptors (Lipinski definition) is 2. The molecule has 0 aromatic heterocycles. The molecule has 0 bridgehead atoms. The van der Waals surface area contributed by atoms with Gasteiger partial charge in [-0.1, -0.05) is 13.8 Å². The van der Waals surface area contributed by atoms with Crippen molar-refractivity contribution >= 4 is 5.91 Å². The topological polar surface area (TPSA) is 46.3 Å². The van der Waals surface area contributed by atoms with Crippen molar-refractivity contribution in [2.45, 2.75) is 46.1 Å². The van der Waals surface area contributed by atoms with Gasteiger partial charge in [-0.3, -0.25) is 4.79 Å². The first-order valence-corrected chi connectivity index (χ1v) is 5.31. The minimum atomic E-state index is -0.0502. The molecule has 14 heavy (non-hydrogen) atoms. The van der Waals surface area contributed by atoms with Crippen LogP contribution in [-0.4, -0.2) is 29.9 Å². The summed E-state index contributed by atoms with van der Waals surface area (Å²) >= 11 is 0. The average Bonchev–Trinajstić information content (AvgIpc) is 2.16. The summed E-state index contributed by atoms with van der Waals surface area (Å²) in [4.78, 5) is 13.6. The van der Waals surface area contributed by atoms with Crippen molar-refractivity contribution in [3.63, 3.8) is 0 Å². The molecular formula is C11H24N2O. The van der Waals surface area contributed by atoms with Gasteiger partial charge in [-0.2, -0.15) is 0 Å². The van der Waals surface area contributed by atoms with Crippen LogP contribution in [0.25, 0.3) is 0 Å². The molecular weight excluding hydrogens is 176 g/mol. The van der Waals surface area contributed by atoms with Gasteiger partial charge in [0.1, 0.15) is 0 Å². The molecule has 0 heterocycles. The molecule has 0 saturated heterocycles. The number of carbonyl (C=O) groups excluding carboxylic acids is 1. The number of nitrogens with zero attached hydrogens (tertiary/aromatic N) is 1. The molecule has 0 aromatic carbocycles. The summed E-state index contributed by atoms with van der Waals surface area (Å²) in [7, 11) is 1.87. The van der Waals surface area contributed by atoms with Crippen LogP contribution < -0.4 is 5.73 Å². The van der Waals surface area contributed by atoms with Crippen molar-refractivity contribution in [3.8, 4) is 0 Å². The number of amides is 1. The van der Waals surface area contributed by atoms with Crippen LogP contribution in [0.5, 0.6) is 0 Å². The molecule has 1 atom stereocenters. The van der Waals surface area contributed by atoms with Gasteiger partial charge in [0, 0.05) is 19.0 Å². The Hall–Kier alpha value is -0.570. The maximum atomic E-state index is 11.8. The highest BCUT2D eigenvalue weighted by Gasteiger charge is 2.25. The molecule has 1 unspecified atom stereocenters. The van der Waals surface area contributed by atoms with E-state index in [4.69, 9.17) is 5.73 Å². The summed E-state index contributed by atoms with van der Waals surface area (Å²) in [6.45, 7) is 8.84. The van der Waals surface area contributed by atoms with Crippen molar-refractivity contribution in [2.75, 3.05) is 13.6 Å². The molecule has 3 heteroatoms. The smallest absolute Gasteiger partial charge is 0.223 e. The van der Waals surface area contributed by atoms with E-state index in [2.05, 4.69) is 20.8 Å². The summed E-state index contributed by atoms with van der Waals surface area (Å²) in [5, 5.41) is 0. The molecule has 1 amide bonds. The largest absolute Gasteiger partial charge is 0.341 e. The van der Waals surface area contributed by atoms with E-state index in [1.807, 2.05) is 18.9 Å². The molecule has 0 saturated carbocycles. The maximum Gasteiger partial charge on any atom is 0.223 e. The highest BCUT2D eigenvalue weighted by Crippen LogP contribution is 2.18. The Balaban J connectivity index is 4.25. The van der Waals surface area contributed by atoms with E-state index in [1.54, 1.807) is 0 Å². The third-order valence-corrected chi connectivity index (χ3v) is 3.07. The van der Waals surface area contributed by atoms with E-state index >= 15 is 0 Å². The van der Waals surface area contributed by atoms with Crippen molar-refractivity contribution in [1.29, 1.82) is 0 Å². The zero-order valence-corrected chi connectivity index (χ0v) is 10.1. The van der Waals surface area contributed by atoms with Crippen LogP contribution in [0.2, 0.25) is 0 Å². The highest BCUT2D eigenvalue weighted by molar-refractivity contribution is 5.76. The minimum Gasteiger partial charge on any atom is -0.341 e. The van der Waals surface area contributed by atoms with Gasteiger partial charge in [0.2, 0.25) is 5.91 Å². The van der Waals surface area contributed by atoms with Crippen LogP contribution >= 0.6 is 0 Å². The maximum absolute atomic E-state index is 11.8. The molecule has 0 aliphatic heterocycles. The van der Waals surface area contributed by atoms with E-state index in [1.165, 1.54) is 0 Å². The SMILES string of the molecule is CCC(C)(C)N(C)C(=O)CC(C)CN. The highest BCUT2D eigenvalue weighted by atomic mass is 16.2. The van der Waals surface area contributed by atoms with Gasteiger partial charge in [-0.05, 0) is 32.7 Å². The summed E-state index contributed by atoms with van der Waals surface area (Å²) in [6.07, 6.45) is 1.52. The average molecular weight is 200 g/mol. The first-order valence-electron chi connectivity index (χ1n) is 5.31. The van der Waals surface area contributed by atoms with Gasteiger partial charge < -0.3 is 10.6 Å². The Kier molecular flexibility index (Phi) is 5.13. The van der Waals surface area contributed by atoms with Crippen LogP contribution in [0.15, 0.2) is 0 Å². The fourth-order valence-electron chi connectivity index (χ4n) is 1.09. The van der Waals surface area contributed by atoms with Crippen molar-refractivity contribution in [2.24, 2.45) is 11.7 Å². The van der Waals surface area contributed by atoms with E-state index in [-0.39, 0.29) is 17.4 Å². The molecule has 0 aliphatic carbocycles. The van der Waals surface area contributed by atoms with Gasteiger partial charge in [0.05, 0.1) is 0 Å². The van der Waals surface area contributed by atoms with Gasteiger partial charge in [-0.25, -0.2) is 0 Å². The predicted molar refractivity (Wildman–Crippen MR) is 60.0 cm³/mol. The Bertz CT molecular complexity index is 190. The van der Waals surface area contributed by atoms with Gasteiger partial charge in [-0.15, -0.1) is 0 Å². The van der Waals surface area contributed by atoms with Crippen molar-refractivity contribution < 1.29 is 4.79 Å². The van der Waals surface area contributed by atoms with E-state index in [0.717, 1.165) is 6.42 Å². The molecule has 0 rings (SSSR count). The standard InChI is InChI=1S/C11H24N2O/c1-6-11(3,4)13(5)10(14)7-9(2)8-12/h9H,6-8,12H2,1-5H3. The Morgan fingerprint density at radius 3 is 2.36 bits per heavy atom. The second-order valence-electron chi connectivity index (χ2n) is 4.66. The fraction of sp³-hybridized carbons (Fsp3) is 0.909. The van der Waals surface area contributed by atoms with Gasteiger partial charge >= 0.3 is 0 Å². The molecule has 84 valence electrons. The van der Waals surface area contributed by atoms with Crippen LogP contribution in [0.1, 0.15) is 40.5 Å². The minimum absolute atomic E-state index is 0.0502. The normalized spacial score (nSPS) is 13.9. The Morgan fingerprint density at radius 2 is 2.00 bits per heavy atom. The first kappa shape index (κ1) is 13.4. The first-order chi connectivity index (χ1) is 6.35. The van der Waals surface area contributed by atoms with Gasteiger partial charge in [0.25, 0.3) is 0 Å². The van der Waals surface area contributed by atoms with E-state index in [9.17, 15) is 4.79 Å². The summed E-state index contributed by atoms with van der Waals surface area (Å²) in [6, 6.07) is 0. The molecule has 0 spiro atoms. The fourth-order valence-corrected chi connectivity index (χ4v) is 1.09. The number of carbonyl (C=O) groups is 1. The third-order valence-electron chi connectivity index (χ3n) is 3.07. The molecule has 0 fully saturated rings. The van der Waals surface area contributed by atoms with Crippen molar-refractivity contribution in [3.05, 3.63) is 0 Å². The van der Waals surface area contributed by atoms with Crippen LogP contribution in [0.4, 0.5) is 0 Å². The Morgan fingerprint density at radius 1 is 1.50 bits per heavy atom. The number of nitrogens with two attached hydrogens (primary N) is 1. The molecule has 0 aromatic rings. The lowest BCUT2D eigenvalue weighted by Crippen LogP contribution is -2.45. The Labute approximate surface area is 87.6 Å². The number of rotatable bonds is 5. The van der Waals surface area contributed by atoms with Crippen molar-refractivity contribution in [1.82, 2.24) is 4.90 Å². The summed E-state index contributed by atoms with van der Waals surface area (Å²) in [5.74, 6) is 0.465. The molecule has 0 aliphatic rings. The lowest BCUT2D eigenvalue weighted by atomic mass is 9.98. The van der Waals surface area contributed by atoms with Crippen LogP contribution in [-0.2, 0) is 4.79 Å². The second kappa shape index (κ2) is 5.35. The van der Waals surface area contributed by atoms with E-state index in [0.29, 0.717) is 13.0 Å². The van der Waals surface area contributed by atoms with Gasteiger partial charge in [0.15, 0.2) is 0 Å². The predicted octanol–water partition coefficient (Wildman–Crippen LogP) is 1.62. The quantitative estimate of drug-likeness (QED) is 0.733. The summed E-state index contributed by atoms with van der Waals surface area (Å²) in [5.41, 5.74) is 5.44. The lowest BCUT2D eigenvalue weighted by molar-refractivity contribution is -0.135. The summed E-state index contributed by atoms with van der Waals surface area (Å²) < 4.78 is 0. The van der Waals surface area contributed by atoms with E-state index < -0.39 is 0 Å². The van der Waals surface area contributed by atoms with Crippen LogP contribution in [0, 0.1) is 5.92 Å². The van der Waals surface area contributed by atoms with Crippen LogP contribution in [0.3, 0.4) is 0 Å². The monoisotopic (exact) mass is 200 g/mol. The third kappa shape index (κ3) is 3.66.